The SMILES string of the molecule is CCCc1nc2c(n1Cc1ccc(-c3ccccc3-c3nn[nH]n3)cc1)C1C(O)=C(C(=O)OCC)C(=O)N1CC2.[Na+].[Na+]. The van der Waals surface area contributed by atoms with Gasteiger partial charge in [0.2, 0.25) is 5.82 Å². The second kappa shape index (κ2) is 13.7. The summed E-state index contributed by atoms with van der Waals surface area (Å²) >= 11 is 0. The van der Waals surface area contributed by atoms with Gasteiger partial charge in [-0.1, -0.05) is 55.5 Å². The van der Waals surface area contributed by atoms with Crippen molar-refractivity contribution in [2.45, 2.75) is 45.7 Å². The van der Waals surface area contributed by atoms with Gasteiger partial charge in [0.1, 0.15) is 17.6 Å². The van der Waals surface area contributed by atoms with Gasteiger partial charge in [-0.2, -0.15) is 5.21 Å². The summed E-state index contributed by atoms with van der Waals surface area (Å²) in [6.45, 7) is 4.76. The molecule has 11 nitrogen and oxygen atoms in total. The third kappa shape index (κ3) is 5.73. The molecule has 0 saturated heterocycles. The number of tetrazole rings is 1. The Labute approximate surface area is 287 Å². The molecule has 2 aromatic carbocycles. The number of aromatic nitrogens is 6. The van der Waals surface area contributed by atoms with Crippen LogP contribution in [0.5, 0.6) is 0 Å². The number of nitrogens with zero attached hydrogens (tertiary/aromatic N) is 6. The Kier molecular flexibility index (Phi) is 10.4. The van der Waals surface area contributed by atoms with Gasteiger partial charge in [-0.25, -0.2) is 9.78 Å². The maximum Gasteiger partial charge on any atom is 1.00 e. The molecule has 2 aliphatic heterocycles. The van der Waals surface area contributed by atoms with Gasteiger partial charge in [0, 0.05) is 31.5 Å². The van der Waals surface area contributed by atoms with Crippen LogP contribution in [0.1, 0.15) is 49.1 Å². The number of aromatic amines is 1. The molecule has 0 bridgehead atoms. The second-order valence-electron chi connectivity index (χ2n) is 9.81. The predicted molar refractivity (Wildman–Crippen MR) is 145 cm³/mol. The first kappa shape index (κ1) is 32.1. The number of fused-ring (bicyclic) bond motifs is 3. The van der Waals surface area contributed by atoms with E-state index in [4.69, 9.17) is 9.72 Å². The zero-order valence-electron chi connectivity index (χ0n) is 24.3. The van der Waals surface area contributed by atoms with Crippen LogP contribution in [0.4, 0.5) is 0 Å². The molecule has 42 heavy (non-hydrogen) atoms. The summed E-state index contributed by atoms with van der Waals surface area (Å²) in [6.07, 6.45) is 2.19. The fourth-order valence-electron chi connectivity index (χ4n) is 5.61. The van der Waals surface area contributed by atoms with Crippen molar-refractivity contribution in [1.29, 1.82) is 0 Å². The van der Waals surface area contributed by atoms with E-state index in [0.717, 1.165) is 52.3 Å². The zero-order valence-corrected chi connectivity index (χ0v) is 28.3. The number of carbonyl (C=O) groups is 2. The Morgan fingerprint density at radius 2 is 1.83 bits per heavy atom. The van der Waals surface area contributed by atoms with Gasteiger partial charge < -0.3 is 19.3 Å². The average molecular weight is 586 g/mol. The van der Waals surface area contributed by atoms with E-state index in [-0.39, 0.29) is 77.1 Å². The third-order valence-corrected chi connectivity index (χ3v) is 7.38. The number of nitrogens with one attached hydrogen (secondary N) is 1. The predicted octanol–water partition coefficient (Wildman–Crippen LogP) is -2.45. The summed E-state index contributed by atoms with van der Waals surface area (Å²) < 4.78 is 7.16. The van der Waals surface area contributed by atoms with Crippen LogP contribution in [0.3, 0.4) is 0 Å². The molecular formula is C29H29N7Na2O4+2. The molecule has 6 rings (SSSR count). The van der Waals surface area contributed by atoms with Gasteiger partial charge in [-0.3, -0.25) is 4.79 Å². The number of aliphatic hydroxyl groups is 1. The topological polar surface area (TPSA) is 139 Å². The molecule has 0 spiro atoms. The van der Waals surface area contributed by atoms with Gasteiger partial charge in [-0.05, 0) is 35.2 Å². The first-order chi connectivity index (χ1) is 19.5. The number of H-pyrrole nitrogens is 1. The van der Waals surface area contributed by atoms with Gasteiger partial charge in [0.05, 0.1) is 18.0 Å². The van der Waals surface area contributed by atoms with E-state index in [1.807, 2.05) is 24.3 Å². The standard InChI is InChI=1S/C29H29N7O4.2Na/c1-3-7-22-30-21-14-15-35-25(26(37)23(28(35)38)29(39)40-4-2)24(21)36(22)16-17-10-12-18(13-11-17)19-8-5-6-9-20(19)27-31-33-34-32-27;;/h5-6,8-13,25,37H,3-4,7,14-16H2,1-2H3,(H,31,32,33,34);;/q;2*+1. The van der Waals surface area contributed by atoms with Crippen molar-refractivity contribution in [1.82, 2.24) is 35.1 Å². The van der Waals surface area contributed by atoms with E-state index in [0.29, 0.717) is 25.3 Å². The molecule has 204 valence electrons. The van der Waals surface area contributed by atoms with Crippen molar-refractivity contribution >= 4 is 11.9 Å². The fraction of sp³-hybridized carbons (Fsp3) is 0.310. The van der Waals surface area contributed by atoms with Crippen LogP contribution in [0.15, 0.2) is 59.9 Å². The number of ether oxygens (including phenoxy) is 1. The number of aryl methyl sites for hydroxylation is 1. The summed E-state index contributed by atoms with van der Waals surface area (Å²) in [4.78, 5) is 32.1. The number of esters is 1. The fourth-order valence-corrected chi connectivity index (χ4v) is 5.61. The van der Waals surface area contributed by atoms with Crippen molar-refractivity contribution < 1.29 is 78.5 Å². The Morgan fingerprint density at radius 1 is 1.10 bits per heavy atom. The van der Waals surface area contributed by atoms with E-state index in [9.17, 15) is 14.7 Å². The number of aliphatic hydroxyl groups excluding tert-OH is 1. The van der Waals surface area contributed by atoms with Crippen molar-refractivity contribution in [2.75, 3.05) is 13.2 Å². The number of rotatable bonds is 8. The van der Waals surface area contributed by atoms with Crippen LogP contribution in [0.25, 0.3) is 22.5 Å². The number of hydrogen-bond donors (Lipinski definition) is 2. The summed E-state index contributed by atoms with van der Waals surface area (Å²) in [7, 11) is 0. The monoisotopic (exact) mass is 585 g/mol. The minimum absolute atomic E-state index is 0. The van der Waals surface area contributed by atoms with Crippen LogP contribution < -0.4 is 59.1 Å². The molecule has 2 aliphatic rings. The molecule has 1 amide bonds. The molecule has 1 atom stereocenters. The number of benzene rings is 2. The molecule has 0 radical (unpaired) electrons. The minimum atomic E-state index is -0.794. The molecule has 0 saturated carbocycles. The van der Waals surface area contributed by atoms with Gasteiger partial charge in [0.25, 0.3) is 5.91 Å². The molecule has 4 heterocycles. The first-order valence-corrected chi connectivity index (χ1v) is 13.4. The largest absolute Gasteiger partial charge is 1.00 e. The van der Waals surface area contributed by atoms with Gasteiger partial charge >= 0.3 is 65.1 Å². The van der Waals surface area contributed by atoms with Crippen molar-refractivity contribution in [3.8, 4) is 22.5 Å². The van der Waals surface area contributed by atoms with Crippen LogP contribution >= 0.6 is 0 Å². The van der Waals surface area contributed by atoms with Crippen LogP contribution in [0.2, 0.25) is 0 Å². The minimum Gasteiger partial charge on any atom is -0.509 e. The number of imidazole rings is 1. The molecule has 1 unspecified atom stereocenters. The normalized spacial score (nSPS) is 15.5. The molecule has 0 fully saturated rings. The van der Waals surface area contributed by atoms with Crippen LogP contribution in [-0.4, -0.2) is 65.2 Å². The van der Waals surface area contributed by atoms with E-state index in [1.54, 1.807) is 11.8 Å². The molecule has 2 aromatic heterocycles. The Balaban J connectivity index is 0.00000202. The maximum atomic E-state index is 13.1. The van der Waals surface area contributed by atoms with E-state index in [2.05, 4.69) is 56.4 Å². The average Bonchev–Trinajstić information content (AvgIpc) is 3.67. The van der Waals surface area contributed by atoms with E-state index in [1.165, 1.54) is 0 Å². The zero-order chi connectivity index (χ0) is 27.8. The second-order valence-corrected chi connectivity index (χ2v) is 9.81. The summed E-state index contributed by atoms with van der Waals surface area (Å²) in [5, 5.41) is 25.6. The maximum absolute atomic E-state index is 13.1. The van der Waals surface area contributed by atoms with Crippen molar-refractivity contribution in [2.24, 2.45) is 0 Å². The summed E-state index contributed by atoms with van der Waals surface area (Å²) in [6, 6.07) is 15.4. The van der Waals surface area contributed by atoms with Crippen LogP contribution in [-0.2, 0) is 33.7 Å². The number of carbonyl (C=O) groups excluding carboxylic acids is 2. The molecule has 13 heteroatoms. The summed E-state index contributed by atoms with van der Waals surface area (Å²) in [5.74, 6) is -0.133. The molecule has 4 aromatic rings. The quantitative estimate of drug-likeness (QED) is 0.132. The molecule has 0 aliphatic carbocycles. The third-order valence-electron chi connectivity index (χ3n) is 7.38. The Bertz CT molecular complexity index is 1620. The van der Waals surface area contributed by atoms with E-state index < -0.39 is 17.9 Å². The smallest absolute Gasteiger partial charge is 0.509 e. The molecular weight excluding hydrogens is 556 g/mol. The Morgan fingerprint density at radius 3 is 2.50 bits per heavy atom. The van der Waals surface area contributed by atoms with E-state index >= 15 is 0 Å². The van der Waals surface area contributed by atoms with Crippen molar-refractivity contribution in [3.63, 3.8) is 0 Å². The van der Waals surface area contributed by atoms with Crippen molar-refractivity contribution in [3.05, 3.63) is 82.6 Å². The first-order valence-electron chi connectivity index (χ1n) is 13.4. The molecule has 2 N–H and O–H groups in total. The number of hydrogen-bond acceptors (Lipinski definition) is 8. The van der Waals surface area contributed by atoms with Crippen LogP contribution in [0, 0.1) is 0 Å². The Hall–Kier alpha value is -2.80. The van der Waals surface area contributed by atoms with Gasteiger partial charge in [-0.15, -0.1) is 10.2 Å². The number of amides is 1. The summed E-state index contributed by atoms with van der Waals surface area (Å²) in [5.41, 5.74) is 5.24. The van der Waals surface area contributed by atoms with Gasteiger partial charge in [0.15, 0.2) is 5.57 Å².